The van der Waals surface area contributed by atoms with Gasteiger partial charge in [-0.15, -0.1) is 0 Å². The normalized spacial score (nSPS) is 18.5. The van der Waals surface area contributed by atoms with Crippen molar-refractivity contribution in [3.8, 4) is 6.07 Å². The predicted octanol–water partition coefficient (Wildman–Crippen LogP) is 1.95. The van der Waals surface area contributed by atoms with Crippen LogP contribution in [-0.4, -0.2) is 25.8 Å². The molecule has 0 bridgehead atoms. The van der Waals surface area contributed by atoms with Crippen LogP contribution in [0.3, 0.4) is 0 Å². The molecule has 1 aliphatic carbocycles. The number of hydrogen-bond donors (Lipinski definition) is 3. The van der Waals surface area contributed by atoms with Crippen LogP contribution in [0, 0.1) is 17.9 Å². The van der Waals surface area contributed by atoms with E-state index in [1.165, 1.54) is 0 Å². The van der Waals surface area contributed by atoms with Gasteiger partial charge in [0.15, 0.2) is 0 Å². The lowest BCUT2D eigenvalue weighted by molar-refractivity contribution is 0.806. The molecule has 0 fully saturated rings. The molecule has 1 radical (unpaired) electrons. The van der Waals surface area contributed by atoms with Crippen molar-refractivity contribution in [2.75, 3.05) is 19.4 Å². The molecular formula is C17H18N5. The minimum Gasteiger partial charge on any atom is -0.342 e. The third kappa shape index (κ3) is 3.84. The molecule has 22 heavy (non-hydrogen) atoms. The Morgan fingerprint density at radius 3 is 2.55 bits per heavy atom. The van der Waals surface area contributed by atoms with Crippen LogP contribution in [0.5, 0.6) is 0 Å². The topological polar surface area (TPSA) is 72.2 Å². The molecule has 111 valence electrons. The van der Waals surface area contributed by atoms with E-state index >= 15 is 0 Å². The second-order valence-corrected chi connectivity index (χ2v) is 4.72. The lowest BCUT2D eigenvalue weighted by Gasteiger charge is -2.20. The number of nitrogens with zero attached hydrogens (tertiary/aromatic N) is 2. The number of likely N-dealkylation sites (N-methyl/N-ethyl adjacent to an activating group) is 1. The second kappa shape index (κ2) is 7.25. The second-order valence-electron chi connectivity index (χ2n) is 4.72. The summed E-state index contributed by atoms with van der Waals surface area (Å²) < 4.78 is 0. The maximum absolute atomic E-state index is 8.77. The summed E-state index contributed by atoms with van der Waals surface area (Å²) in [6.07, 6.45) is 5.87. The van der Waals surface area contributed by atoms with Gasteiger partial charge in [-0.25, -0.2) is 0 Å². The highest BCUT2D eigenvalue weighted by molar-refractivity contribution is 6.02. The molecular weight excluding hydrogens is 274 g/mol. The van der Waals surface area contributed by atoms with Crippen LogP contribution in [-0.2, 0) is 0 Å². The zero-order valence-electron chi connectivity index (χ0n) is 12.6. The monoisotopic (exact) mass is 292 g/mol. The first kappa shape index (κ1) is 15.5. The van der Waals surface area contributed by atoms with Gasteiger partial charge in [-0.2, -0.15) is 5.26 Å². The van der Waals surface area contributed by atoms with E-state index in [0.717, 1.165) is 17.1 Å². The Bertz CT molecular complexity index is 674. The van der Waals surface area contributed by atoms with E-state index in [1.807, 2.05) is 25.3 Å². The molecule has 5 heteroatoms. The third-order valence-electron chi connectivity index (χ3n) is 3.24. The molecule has 0 amide bonds. The quantitative estimate of drug-likeness (QED) is 0.775. The molecule has 0 saturated carbocycles. The van der Waals surface area contributed by atoms with Crippen LogP contribution in [0.4, 0.5) is 5.69 Å². The summed E-state index contributed by atoms with van der Waals surface area (Å²) in [7, 11) is 3.65. The maximum Gasteiger partial charge on any atom is 0.108 e. The number of hydrogen-bond acceptors (Lipinski definition) is 5. The van der Waals surface area contributed by atoms with Crippen LogP contribution >= 0.6 is 0 Å². The summed E-state index contributed by atoms with van der Waals surface area (Å²) in [5, 5.41) is 18.1. The number of rotatable bonds is 5. The fraction of sp³-hybridized carbons (Fsp3) is 0.176. The molecule has 1 aromatic rings. The van der Waals surface area contributed by atoms with Crippen molar-refractivity contribution < 1.29 is 0 Å². The average molecular weight is 292 g/mol. The Hall–Kier alpha value is -2.84. The van der Waals surface area contributed by atoms with Gasteiger partial charge in [0.2, 0.25) is 0 Å². The molecule has 0 saturated heterocycles. The van der Waals surface area contributed by atoms with Crippen LogP contribution in [0.25, 0.3) is 0 Å². The number of anilines is 1. The van der Waals surface area contributed by atoms with Gasteiger partial charge in [0.05, 0.1) is 23.4 Å². The fourth-order valence-electron chi connectivity index (χ4n) is 2.10. The standard InChI is InChI=1S/C17H18N5/c1-12(21-14-6-4-13(11-18)5-7-14)22-15-8-9-16(19-2)17(10-15)20-3/h1,4-10,17,20-22H,2-3H3. The van der Waals surface area contributed by atoms with E-state index in [1.54, 1.807) is 31.3 Å². The fourth-order valence-corrected chi connectivity index (χ4v) is 2.10. The van der Waals surface area contributed by atoms with Crippen LogP contribution in [0.1, 0.15) is 5.56 Å². The van der Waals surface area contributed by atoms with Gasteiger partial charge in [-0.05, 0) is 56.1 Å². The molecule has 0 aliphatic heterocycles. The number of nitrogens with one attached hydrogen (secondary N) is 3. The molecule has 0 aromatic heterocycles. The van der Waals surface area contributed by atoms with Crippen molar-refractivity contribution in [3.05, 3.63) is 66.2 Å². The Kier molecular flexibility index (Phi) is 5.12. The van der Waals surface area contributed by atoms with Gasteiger partial charge in [-0.3, -0.25) is 4.99 Å². The van der Waals surface area contributed by atoms with Crippen molar-refractivity contribution in [1.29, 1.82) is 5.26 Å². The molecule has 5 nitrogen and oxygen atoms in total. The molecule has 1 aromatic carbocycles. The average Bonchev–Trinajstić information content (AvgIpc) is 2.55. The summed E-state index contributed by atoms with van der Waals surface area (Å²) in [4.78, 5) is 4.21. The lowest BCUT2D eigenvalue weighted by Crippen LogP contribution is -2.34. The Labute approximate surface area is 130 Å². The van der Waals surface area contributed by atoms with E-state index in [-0.39, 0.29) is 6.04 Å². The lowest BCUT2D eigenvalue weighted by atomic mass is 10.0. The van der Waals surface area contributed by atoms with Crippen molar-refractivity contribution in [2.45, 2.75) is 6.04 Å². The highest BCUT2D eigenvalue weighted by atomic mass is 15.1. The third-order valence-corrected chi connectivity index (χ3v) is 3.24. The molecule has 1 unspecified atom stereocenters. The molecule has 1 atom stereocenters. The van der Waals surface area contributed by atoms with Crippen molar-refractivity contribution in [2.24, 2.45) is 4.99 Å². The minimum absolute atomic E-state index is 0.0558. The first-order chi connectivity index (χ1) is 10.7. The molecule has 0 heterocycles. The SMILES string of the molecule is [CH]=C(NC1=CC(NC)C(=NC)C=C1)Nc1ccc(C#N)cc1. The van der Waals surface area contributed by atoms with Crippen LogP contribution in [0.2, 0.25) is 0 Å². The van der Waals surface area contributed by atoms with Gasteiger partial charge < -0.3 is 16.0 Å². The zero-order valence-corrected chi connectivity index (χ0v) is 12.6. The zero-order chi connectivity index (χ0) is 15.9. The largest absolute Gasteiger partial charge is 0.342 e. The molecule has 3 N–H and O–H groups in total. The number of nitriles is 1. The first-order valence-corrected chi connectivity index (χ1v) is 6.86. The maximum atomic E-state index is 8.77. The minimum atomic E-state index is 0.0558. The summed E-state index contributed by atoms with van der Waals surface area (Å²) in [6.45, 7) is 5.97. The van der Waals surface area contributed by atoms with E-state index in [9.17, 15) is 0 Å². The van der Waals surface area contributed by atoms with Gasteiger partial charge in [0.25, 0.3) is 0 Å². The molecule has 1 aliphatic rings. The van der Waals surface area contributed by atoms with Gasteiger partial charge >= 0.3 is 0 Å². The predicted molar refractivity (Wildman–Crippen MR) is 89.2 cm³/mol. The van der Waals surface area contributed by atoms with Gasteiger partial charge in [-0.1, -0.05) is 0 Å². The molecule has 0 spiro atoms. The van der Waals surface area contributed by atoms with Crippen LogP contribution in [0.15, 0.2) is 59.0 Å². The van der Waals surface area contributed by atoms with Gasteiger partial charge in [0.1, 0.15) is 5.82 Å². The first-order valence-electron chi connectivity index (χ1n) is 6.86. The highest BCUT2D eigenvalue weighted by Gasteiger charge is 2.13. The molecule has 2 rings (SSSR count). The Morgan fingerprint density at radius 2 is 1.95 bits per heavy atom. The van der Waals surface area contributed by atoms with E-state index in [0.29, 0.717) is 11.4 Å². The highest BCUT2D eigenvalue weighted by Crippen LogP contribution is 2.12. The summed E-state index contributed by atoms with van der Waals surface area (Å²) >= 11 is 0. The van der Waals surface area contributed by atoms with Gasteiger partial charge in [0, 0.05) is 18.4 Å². The summed E-state index contributed by atoms with van der Waals surface area (Å²) in [6, 6.07) is 9.20. The van der Waals surface area contributed by atoms with E-state index < -0.39 is 0 Å². The Morgan fingerprint density at radius 1 is 1.23 bits per heavy atom. The number of benzene rings is 1. The van der Waals surface area contributed by atoms with E-state index in [2.05, 4.69) is 27.0 Å². The smallest absolute Gasteiger partial charge is 0.108 e. The van der Waals surface area contributed by atoms with E-state index in [4.69, 9.17) is 11.8 Å². The number of aliphatic imine (C=N–C) groups is 1. The summed E-state index contributed by atoms with van der Waals surface area (Å²) in [5.41, 5.74) is 3.26. The Balaban J connectivity index is 1.99. The summed E-state index contributed by atoms with van der Waals surface area (Å²) in [5.74, 6) is 0.410. The van der Waals surface area contributed by atoms with Crippen molar-refractivity contribution in [1.82, 2.24) is 10.6 Å². The van der Waals surface area contributed by atoms with Crippen molar-refractivity contribution in [3.63, 3.8) is 0 Å². The van der Waals surface area contributed by atoms with Crippen LogP contribution < -0.4 is 16.0 Å². The van der Waals surface area contributed by atoms with Crippen molar-refractivity contribution >= 4 is 11.4 Å². The number of allylic oxidation sites excluding steroid dienone is 1.